The molecule has 0 aliphatic carbocycles. The van der Waals surface area contributed by atoms with E-state index in [1.165, 1.54) is 16.0 Å². The highest BCUT2D eigenvalue weighted by Crippen LogP contribution is 2.34. The first-order valence-corrected chi connectivity index (χ1v) is 8.54. The van der Waals surface area contributed by atoms with Crippen molar-refractivity contribution < 1.29 is 9.84 Å². The van der Waals surface area contributed by atoms with E-state index in [0.29, 0.717) is 18.7 Å². The molecule has 110 valence electrons. The second-order valence-corrected chi connectivity index (χ2v) is 6.73. The van der Waals surface area contributed by atoms with Gasteiger partial charge >= 0.3 is 0 Å². The van der Waals surface area contributed by atoms with Crippen molar-refractivity contribution in [2.24, 2.45) is 0 Å². The third-order valence-corrected chi connectivity index (χ3v) is 5.23. The van der Waals surface area contributed by atoms with Gasteiger partial charge in [-0.3, -0.25) is 0 Å². The number of nitrogens with one attached hydrogen (secondary N) is 1. The Bertz CT molecular complexity index is 708. The van der Waals surface area contributed by atoms with Crippen LogP contribution in [-0.2, 0) is 5.79 Å². The van der Waals surface area contributed by atoms with Crippen molar-refractivity contribution in [2.75, 3.05) is 13.6 Å². The molecule has 0 saturated heterocycles. The van der Waals surface area contributed by atoms with E-state index in [9.17, 15) is 5.11 Å². The van der Waals surface area contributed by atoms with Gasteiger partial charge in [0.2, 0.25) is 5.79 Å². The van der Waals surface area contributed by atoms with Crippen LogP contribution < -0.4 is 10.1 Å². The lowest BCUT2D eigenvalue weighted by Gasteiger charge is -2.28. The molecule has 0 saturated carbocycles. The van der Waals surface area contributed by atoms with Crippen molar-refractivity contribution in [2.45, 2.75) is 12.2 Å². The number of hydrogen-bond acceptors (Lipinski definition) is 5. The van der Waals surface area contributed by atoms with Crippen LogP contribution in [0.15, 0.2) is 47.2 Å². The zero-order valence-corrected chi connectivity index (χ0v) is 13.3. The van der Waals surface area contributed by atoms with Crippen molar-refractivity contribution >= 4 is 32.8 Å². The van der Waals surface area contributed by atoms with Gasteiger partial charge in [-0.2, -0.15) is 0 Å². The van der Waals surface area contributed by atoms with E-state index in [1.54, 1.807) is 11.3 Å². The molecule has 1 unspecified atom stereocenters. The fourth-order valence-electron chi connectivity index (χ4n) is 2.22. The lowest BCUT2D eigenvalue weighted by Crippen LogP contribution is -2.35. The Morgan fingerprint density at radius 3 is 2.86 bits per heavy atom. The molecule has 0 radical (unpaired) electrons. The molecule has 3 nitrogen and oxygen atoms in total. The van der Waals surface area contributed by atoms with E-state index in [-0.39, 0.29) is 0 Å². The van der Waals surface area contributed by atoms with Crippen molar-refractivity contribution in [3.63, 3.8) is 0 Å². The summed E-state index contributed by atoms with van der Waals surface area (Å²) in [6, 6.07) is 11.8. The van der Waals surface area contributed by atoms with Crippen LogP contribution in [0.3, 0.4) is 0 Å². The van der Waals surface area contributed by atoms with Gasteiger partial charge in [-0.15, -0.1) is 22.7 Å². The topological polar surface area (TPSA) is 41.5 Å². The fourth-order valence-corrected chi connectivity index (χ4v) is 3.78. The standard InChI is InChI=1S/C16H17NO2S2/c1-17-8-7-16(18,15-3-2-9-21-15)19-13-4-5-14-12(11-13)6-10-20-14/h2-6,9-11,17-18H,7-8H2,1H3. The number of thiophene rings is 2. The maximum Gasteiger partial charge on any atom is 0.245 e. The summed E-state index contributed by atoms with van der Waals surface area (Å²) < 4.78 is 7.18. The molecule has 3 aromatic rings. The third kappa shape index (κ3) is 3.11. The zero-order chi connectivity index (χ0) is 14.7. The van der Waals surface area contributed by atoms with Crippen molar-refractivity contribution in [3.8, 4) is 5.75 Å². The molecule has 0 spiro atoms. The summed E-state index contributed by atoms with van der Waals surface area (Å²) in [6.45, 7) is 0.676. The summed E-state index contributed by atoms with van der Waals surface area (Å²) in [6.07, 6.45) is 0.492. The molecule has 21 heavy (non-hydrogen) atoms. The Balaban J connectivity index is 1.89. The van der Waals surface area contributed by atoms with E-state index in [2.05, 4.69) is 16.8 Å². The fraction of sp³-hybridized carbons (Fsp3) is 0.250. The van der Waals surface area contributed by atoms with Crippen molar-refractivity contribution in [1.29, 1.82) is 0 Å². The molecule has 3 rings (SSSR count). The van der Waals surface area contributed by atoms with Gasteiger partial charge in [0.25, 0.3) is 0 Å². The van der Waals surface area contributed by atoms with Crippen LogP contribution >= 0.6 is 22.7 Å². The SMILES string of the molecule is CNCCC(O)(Oc1ccc2sccc2c1)c1cccs1. The average Bonchev–Trinajstić information content (AvgIpc) is 3.15. The first kappa shape index (κ1) is 14.5. The lowest BCUT2D eigenvalue weighted by atomic mass is 10.1. The number of benzene rings is 1. The second kappa shape index (κ2) is 6.15. The van der Waals surface area contributed by atoms with Crippen LogP contribution in [0, 0.1) is 0 Å². The highest BCUT2D eigenvalue weighted by Gasteiger charge is 2.32. The van der Waals surface area contributed by atoms with Crippen LogP contribution in [0.2, 0.25) is 0 Å². The maximum atomic E-state index is 10.9. The van der Waals surface area contributed by atoms with Crippen LogP contribution in [0.5, 0.6) is 5.75 Å². The van der Waals surface area contributed by atoms with Gasteiger partial charge in [-0.05, 0) is 53.5 Å². The van der Waals surface area contributed by atoms with E-state index in [4.69, 9.17) is 4.74 Å². The first-order valence-electron chi connectivity index (χ1n) is 6.78. The van der Waals surface area contributed by atoms with Crippen molar-refractivity contribution in [3.05, 3.63) is 52.0 Å². The minimum absolute atomic E-state index is 0.492. The molecule has 0 fully saturated rings. The van der Waals surface area contributed by atoms with E-state index < -0.39 is 5.79 Å². The monoisotopic (exact) mass is 319 g/mol. The molecule has 0 aliphatic rings. The minimum Gasteiger partial charge on any atom is -0.457 e. The van der Waals surface area contributed by atoms with Gasteiger partial charge in [0.05, 0.1) is 4.88 Å². The van der Waals surface area contributed by atoms with E-state index >= 15 is 0 Å². The normalized spacial score (nSPS) is 14.2. The Morgan fingerprint density at radius 2 is 2.10 bits per heavy atom. The summed E-state index contributed by atoms with van der Waals surface area (Å²) in [5.41, 5.74) is 0. The molecule has 2 aromatic heterocycles. The van der Waals surface area contributed by atoms with Crippen LogP contribution in [0.1, 0.15) is 11.3 Å². The van der Waals surface area contributed by atoms with Gasteiger partial charge < -0.3 is 15.2 Å². The highest BCUT2D eigenvalue weighted by atomic mass is 32.1. The maximum absolute atomic E-state index is 10.9. The zero-order valence-electron chi connectivity index (χ0n) is 11.7. The number of hydrogen-bond donors (Lipinski definition) is 2. The predicted octanol–water partition coefficient (Wildman–Crippen LogP) is 3.80. The van der Waals surface area contributed by atoms with Crippen LogP contribution in [0.25, 0.3) is 10.1 Å². The Hall–Kier alpha value is -1.40. The number of rotatable bonds is 6. The molecule has 2 N–H and O–H groups in total. The quantitative estimate of drug-likeness (QED) is 0.679. The van der Waals surface area contributed by atoms with Gasteiger partial charge in [0.1, 0.15) is 5.75 Å². The molecule has 0 amide bonds. The van der Waals surface area contributed by atoms with E-state index in [1.807, 2.05) is 42.8 Å². The molecular formula is C16H17NO2S2. The second-order valence-electron chi connectivity index (χ2n) is 4.84. The molecule has 5 heteroatoms. The largest absolute Gasteiger partial charge is 0.457 e. The Morgan fingerprint density at radius 1 is 1.19 bits per heavy atom. The van der Waals surface area contributed by atoms with Gasteiger partial charge in [0.15, 0.2) is 0 Å². The number of ether oxygens (including phenoxy) is 1. The smallest absolute Gasteiger partial charge is 0.245 e. The van der Waals surface area contributed by atoms with E-state index in [0.717, 1.165) is 10.3 Å². The average molecular weight is 319 g/mol. The molecule has 0 aliphatic heterocycles. The van der Waals surface area contributed by atoms with Gasteiger partial charge in [-0.1, -0.05) is 6.07 Å². The van der Waals surface area contributed by atoms with Gasteiger partial charge in [-0.25, -0.2) is 0 Å². The summed E-state index contributed by atoms with van der Waals surface area (Å²) in [7, 11) is 1.87. The molecule has 1 atom stereocenters. The Kier molecular flexibility index (Phi) is 4.26. The Labute approximate surface area is 131 Å². The van der Waals surface area contributed by atoms with Crippen LogP contribution in [-0.4, -0.2) is 18.7 Å². The highest BCUT2D eigenvalue weighted by molar-refractivity contribution is 7.17. The summed E-state index contributed by atoms with van der Waals surface area (Å²) in [5, 5.41) is 19.1. The summed E-state index contributed by atoms with van der Waals surface area (Å²) in [5.74, 6) is -0.603. The third-order valence-electron chi connectivity index (χ3n) is 3.33. The number of aliphatic hydroxyl groups is 1. The van der Waals surface area contributed by atoms with Crippen LogP contribution in [0.4, 0.5) is 0 Å². The molecule has 1 aromatic carbocycles. The predicted molar refractivity (Wildman–Crippen MR) is 89.2 cm³/mol. The summed E-state index contributed by atoms with van der Waals surface area (Å²) in [4.78, 5) is 0.822. The lowest BCUT2D eigenvalue weighted by molar-refractivity contribution is -0.147. The molecule has 0 bridgehead atoms. The first-order chi connectivity index (χ1) is 10.2. The molecule has 2 heterocycles. The summed E-state index contributed by atoms with van der Waals surface area (Å²) >= 11 is 3.20. The van der Waals surface area contributed by atoms with Crippen molar-refractivity contribution in [1.82, 2.24) is 5.32 Å². The minimum atomic E-state index is -1.29. The molecular weight excluding hydrogens is 302 g/mol. The number of fused-ring (bicyclic) bond motifs is 1. The van der Waals surface area contributed by atoms with Gasteiger partial charge in [0, 0.05) is 17.7 Å².